The number of alkyl halides is 6. The third-order valence-corrected chi connectivity index (χ3v) is 4.54. The lowest BCUT2D eigenvalue weighted by Gasteiger charge is -2.40. The first-order chi connectivity index (χ1) is 13.9. The first kappa shape index (κ1) is 22.5. The van der Waals surface area contributed by atoms with Gasteiger partial charge in [-0.3, -0.25) is 0 Å². The Balaban J connectivity index is 1.84. The van der Waals surface area contributed by atoms with Crippen molar-refractivity contribution in [2.24, 2.45) is 0 Å². The summed E-state index contributed by atoms with van der Waals surface area (Å²) in [7, 11) is 0. The topological polar surface area (TPSA) is 46.0 Å². The molecule has 1 saturated heterocycles. The van der Waals surface area contributed by atoms with Crippen molar-refractivity contribution in [2.75, 3.05) is 13.2 Å². The minimum atomic E-state index is -4.98. The molecule has 1 N–H and O–H groups in total. The van der Waals surface area contributed by atoms with Gasteiger partial charge in [0, 0.05) is 5.56 Å². The summed E-state index contributed by atoms with van der Waals surface area (Å²) in [6.45, 7) is -0.621. The molecule has 3 atom stereocenters. The van der Waals surface area contributed by atoms with Crippen LogP contribution in [0.4, 0.5) is 30.7 Å². The Labute approximate surface area is 166 Å². The third-order valence-electron chi connectivity index (χ3n) is 4.54. The Morgan fingerprint density at radius 2 is 1.53 bits per heavy atom. The van der Waals surface area contributed by atoms with E-state index in [2.05, 4.69) is 0 Å². The zero-order valence-electron chi connectivity index (χ0n) is 15.2. The SMILES string of the molecule is [O-][NH+]1CCOC(OCc2cc(C(F)(F)F)cc(C(F)(F)F)c2)C1c1ccc(F)cc1. The summed E-state index contributed by atoms with van der Waals surface area (Å²) >= 11 is 0. The first-order valence-corrected chi connectivity index (χ1v) is 8.75. The number of ether oxygens (including phenoxy) is 2. The van der Waals surface area contributed by atoms with E-state index in [-0.39, 0.29) is 29.8 Å². The van der Waals surface area contributed by atoms with Crippen LogP contribution in [0, 0.1) is 11.0 Å². The van der Waals surface area contributed by atoms with E-state index in [1.54, 1.807) is 0 Å². The smallest absolute Gasteiger partial charge is 0.416 e. The highest BCUT2D eigenvalue weighted by Crippen LogP contribution is 2.36. The molecule has 0 amide bonds. The second-order valence-corrected chi connectivity index (χ2v) is 6.71. The number of hydroxylamine groups is 2. The van der Waals surface area contributed by atoms with Crippen molar-refractivity contribution in [3.63, 3.8) is 0 Å². The van der Waals surface area contributed by atoms with Crippen LogP contribution in [0.5, 0.6) is 0 Å². The molecule has 1 aliphatic heterocycles. The van der Waals surface area contributed by atoms with Gasteiger partial charge in [-0.15, -0.1) is 0 Å². The molecule has 1 heterocycles. The Bertz CT molecular complexity index is 836. The number of hydrogen-bond acceptors (Lipinski definition) is 3. The van der Waals surface area contributed by atoms with Gasteiger partial charge in [0.25, 0.3) is 0 Å². The maximum Gasteiger partial charge on any atom is 0.416 e. The van der Waals surface area contributed by atoms with E-state index in [0.717, 1.165) is 12.1 Å². The van der Waals surface area contributed by atoms with Crippen molar-refractivity contribution in [1.29, 1.82) is 0 Å². The van der Waals surface area contributed by atoms with E-state index in [1.165, 1.54) is 12.1 Å². The van der Waals surface area contributed by atoms with E-state index >= 15 is 0 Å². The first-order valence-electron chi connectivity index (χ1n) is 8.75. The number of hydrogen-bond donors (Lipinski definition) is 1. The fourth-order valence-corrected chi connectivity index (χ4v) is 3.12. The van der Waals surface area contributed by atoms with Crippen LogP contribution in [0.3, 0.4) is 0 Å². The van der Waals surface area contributed by atoms with Crippen LogP contribution in [0.15, 0.2) is 42.5 Å². The van der Waals surface area contributed by atoms with Gasteiger partial charge in [-0.05, 0) is 48.0 Å². The summed E-state index contributed by atoms with van der Waals surface area (Å²) in [4.78, 5) is 0. The lowest BCUT2D eigenvalue weighted by molar-refractivity contribution is -0.901. The molecule has 0 aliphatic carbocycles. The summed E-state index contributed by atoms with van der Waals surface area (Å²) < 4.78 is 102. The molecule has 0 bridgehead atoms. The standard InChI is InChI=1S/C19H16F7NO3/c20-15-3-1-12(2-4-15)16-17(29-6-5-27(16)28)30-10-11-7-13(18(21,22)23)9-14(8-11)19(24,25)26/h1-4,7-9,16-17,27H,5-6,10H2. The van der Waals surface area contributed by atoms with Gasteiger partial charge >= 0.3 is 12.4 Å². The van der Waals surface area contributed by atoms with Crippen molar-refractivity contribution < 1.29 is 45.3 Å². The summed E-state index contributed by atoms with van der Waals surface area (Å²) in [5, 5.41) is 12.0. The van der Waals surface area contributed by atoms with Crippen molar-refractivity contribution in [3.8, 4) is 0 Å². The van der Waals surface area contributed by atoms with Crippen LogP contribution < -0.4 is 5.06 Å². The zero-order chi connectivity index (χ0) is 22.1. The highest BCUT2D eigenvalue weighted by atomic mass is 19.4. The summed E-state index contributed by atoms with van der Waals surface area (Å²) in [6.07, 6.45) is -11.2. The second kappa shape index (κ2) is 8.50. The number of halogens is 7. The molecular weight excluding hydrogens is 423 g/mol. The average Bonchev–Trinajstić information content (AvgIpc) is 2.66. The number of benzene rings is 2. The predicted octanol–water partition coefficient (Wildman–Crippen LogP) is 3.86. The molecule has 164 valence electrons. The van der Waals surface area contributed by atoms with Gasteiger partial charge in [0.1, 0.15) is 12.4 Å². The van der Waals surface area contributed by atoms with Crippen LogP contribution in [0.1, 0.15) is 28.3 Å². The van der Waals surface area contributed by atoms with Gasteiger partial charge in [0.2, 0.25) is 6.29 Å². The summed E-state index contributed by atoms with van der Waals surface area (Å²) in [6, 6.07) is 5.06. The molecule has 1 aliphatic rings. The van der Waals surface area contributed by atoms with Crippen LogP contribution in [-0.2, 0) is 28.4 Å². The minimum Gasteiger partial charge on any atom is -0.634 e. The Kier molecular flexibility index (Phi) is 6.37. The molecule has 0 aromatic heterocycles. The fourth-order valence-electron chi connectivity index (χ4n) is 3.12. The lowest BCUT2D eigenvalue weighted by Crippen LogP contribution is -3.10. The lowest BCUT2D eigenvalue weighted by atomic mass is 10.0. The molecule has 1 fully saturated rings. The Morgan fingerprint density at radius 1 is 0.967 bits per heavy atom. The van der Waals surface area contributed by atoms with Gasteiger partial charge in [-0.25, -0.2) is 4.39 Å². The van der Waals surface area contributed by atoms with E-state index in [4.69, 9.17) is 9.47 Å². The highest BCUT2D eigenvalue weighted by Gasteiger charge is 2.38. The van der Waals surface area contributed by atoms with Gasteiger partial charge in [-0.2, -0.15) is 26.3 Å². The molecule has 0 saturated carbocycles. The number of quaternary nitrogens is 1. The molecular formula is C19H16F7NO3. The summed E-state index contributed by atoms with van der Waals surface area (Å²) in [5.41, 5.74) is -2.94. The quantitative estimate of drug-likeness (QED) is 0.582. The second-order valence-electron chi connectivity index (χ2n) is 6.71. The third kappa shape index (κ3) is 5.28. The maximum absolute atomic E-state index is 13.2. The monoisotopic (exact) mass is 439 g/mol. The van der Waals surface area contributed by atoms with Gasteiger partial charge in [0.15, 0.2) is 6.04 Å². The Morgan fingerprint density at radius 3 is 2.07 bits per heavy atom. The van der Waals surface area contributed by atoms with Crippen LogP contribution in [0.25, 0.3) is 0 Å². The number of nitrogens with one attached hydrogen (secondary N) is 1. The highest BCUT2D eigenvalue weighted by molar-refractivity contribution is 5.33. The molecule has 2 aromatic rings. The molecule has 2 aromatic carbocycles. The van der Waals surface area contributed by atoms with Gasteiger partial charge in [-0.1, -0.05) is 0 Å². The number of rotatable bonds is 4. The van der Waals surface area contributed by atoms with Crippen molar-refractivity contribution in [1.82, 2.24) is 0 Å². The van der Waals surface area contributed by atoms with Crippen LogP contribution in [0.2, 0.25) is 0 Å². The normalized spacial score (nSPS) is 22.9. The fraction of sp³-hybridized carbons (Fsp3) is 0.368. The minimum absolute atomic E-state index is 0.0163. The zero-order valence-corrected chi connectivity index (χ0v) is 15.2. The average molecular weight is 439 g/mol. The predicted molar refractivity (Wildman–Crippen MR) is 89.3 cm³/mol. The molecule has 0 spiro atoms. The summed E-state index contributed by atoms with van der Waals surface area (Å²) in [5.74, 6) is -0.538. The van der Waals surface area contributed by atoms with Crippen LogP contribution in [-0.4, -0.2) is 19.4 Å². The molecule has 3 rings (SSSR count). The van der Waals surface area contributed by atoms with E-state index in [1.807, 2.05) is 0 Å². The van der Waals surface area contributed by atoms with Crippen molar-refractivity contribution in [2.45, 2.75) is 31.3 Å². The van der Waals surface area contributed by atoms with E-state index in [9.17, 15) is 35.9 Å². The van der Waals surface area contributed by atoms with E-state index < -0.39 is 48.2 Å². The molecule has 30 heavy (non-hydrogen) atoms. The van der Waals surface area contributed by atoms with Crippen LogP contribution >= 0.6 is 0 Å². The molecule has 0 radical (unpaired) electrons. The Hall–Kier alpha value is -2.21. The van der Waals surface area contributed by atoms with Gasteiger partial charge in [0.05, 0.1) is 24.3 Å². The molecule has 3 unspecified atom stereocenters. The van der Waals surface area contributed by atoms with Gasteiger partial charge < -0.3 is 19.7 Å². The maximum atomic E-state index is 13.2. The molecule has 11 heteroatoms. The van der Waals surface area contributed by atoms with Crippen molar-refractivity contribution >= 4 is 0 Å². The van der Waals surface area contributed by atoms with E-state index in [0.29, 0.717) is 17.7 Å². The largest absolute Gasteiger partial charge is 0.634 e. The van der Waals surface area contributed by atoms with Crippen molar-refractivity contribution in [3.05, 3.63) is 75.7 Å². The molecule has 4 nitrogen and oxygen atoms in total. The number of morpholine rings is 1.